The second kappa shape index (κ2) is 6.92. The molecule has 0 spiro atoms. The number of rotatable bonds is 5. The second-order valence-electron chi connectivity index (χ2n) is 5.14. The van der Waals surface area contributed by atoms with Crippen molar-refractivity contribution in [3.8, 4) is 11.5 Å². The summed E-state index contributed by atoms with van der Waals surface area (Å²) in [4.78, 5) is 0. The lowest BCUT2D eigenvalue weighted by Crippen LogP contribution is -2.21. The van der Waals surface area contributed by atoms with Crippen molar-refractivity contribution in [2.45, 2.75) is 32.7 Å². The van der Waals surface area contributed by atoms with E-state index in [-0.39, 0.29) is 11.9 Å². The predicted octanol–water partition coefficient (Wildman–Crippen LogP) is 4.86. The Morgan fingerprint density at radius 2 is 1.90 bits per heavy atom. The monoisotopic (exact) mass is 307 g/mol. The van der Waals surface area contributed by atoms with Crippen LogP contribution in [0.4, 0.5) is 4.39 Å². The highest BCUT2D eigenvalue weighted by Gasteiger charge is 2.11. The van der Waals surface area contributed by atoms with Gasteiger partial charge in [-0.2, -0.15) is 0 Å². The van der Waals surface area contributed by atoms with Crippen LogP contribution >= 0.6 is 11.6 Å². The van der Waals surface area contributed by atoms with E-state index in [4.69, 9.17) is 22.1 Å². The third kappa shape index (κ3) is 4.19. The van der Waals surface area contributed by atoms with Gasteiger partial charge in [-0.15, -0.1) is 0 Å². The largest absolute Gasteiger partial charge is 0.457 e. The van der Waals surface area contributed by atoms with Gasteiger partial charge in [0.15, 0.2) is 0 Å². The second-order valence-corrected chi connectivity index (χ2v) is 5.57. The van der Waals surface area contributed by atoms with Gasteiger partial charge < -0.3 is 10.5 Å². The van der Waals surface area contributed by atoms with Crippen LogP contribution in [0.5, 0.6) is 11.5 Å². The lowest BCUT2D eigenvalue weighted by molar-refractivity contribution is 0.466. The number of hydrogen-bond donors (Lipinski definition) is 1. The maximum Gasteiger partial charge on any atom is 0.130 e. The molecule has 0 fully saturated rings. The van der Waals surface area contributed by atoms with Gasteiger partial charge >= 0.3 is 0 Å². The standard InChI is InChI=1S/C17H19ClFNO/c1-3-15(20)10-12-9-14(19)5-7-17(12)21-16-6-4-13(18)8-11(16)2/h4-9,15H,3,10,20H2,1-2H3. The van der Waals surface area contributed by atoms with Crippen molar-refractivity contribution in [3.05, 3.63) is 58.4 Å². The van der Waals surface area contributed by atoms with Crippen molar-refractivity contribution < 1.29 is 9.13 Å². The zero-order chi connectivity index (χ0) is 15.4. The van der Waals surface area contributed by atoms with E-state index in [9.17, 15) is 4.39 Å². The number of aryl methyl sites for hydroxylation is 1. The fourth-order valence-corrected chi connectivity index (χ4v) is 2.31. The van der Waals surface area contributed by atoms with Crippen LogP contribution in [0.15, 0.2) is 36.4 Å². The van der Waals surface area contributed by atoms with Crippen molar-refractivity contribution in [2.24, 2.45) is 5.73 Å². The number of halogens is 2. The molecule has 1 atom stereocenters. The van der Waals surface area contributed by atoms with Gasteiger partial charge in [-0.05, 0) is 67.3 Å². The molecule has 4 heteroatoms. The molecule has 2 aromatic rings. The van der Waals surface area contributed by atoms with Gasteiger partial charge in [-0.25, -0.2) is 4.39 Å². The van der Waals surface area contributed by atoms with Crippen molar-refractivity contribution in [2.75, 3.05) is 0 Å². The van der Waals surface area contributed by atoms with Gasteiger partial charge in [0.2, 0.25) is 0 Å². The summed E-state index contributed by atoms with van der Waals surface area (Å²) in [6, 6.07) is 9.91. The van der Waals surface area contributed by atoms with Gasteiger partial charge in [0.25, 0.3) is 0 Å². The Labute approximate surface area is 129 Å². The molecule has 2 aromatic carbocycles. The summed E-state index contributed by atoms with van der Waals surface area (Å²) >= 11 is 5.94. The van der Waals surface area contributed by atoms with E-state index in [1.807, 2.05) is 26.0 Å². The summed E-state index contributed by atoms with van der Waals surface area (Å²) in [6.07, 6.45) is 1.41. The van der Waals surface area contributed by atoms with Crippen molar-refractivity contribution in [1.82, 2.24) is 0 Å². The molecule has 0 aliphatic rings. The molecule has 2 rings (SSSR count). The first-order valence-corrected chi connectivity index (χ1v) is 7.35. The molecule has 21 heavy (non-hydrogen) atoms. The Hall–Kier alpha value is -1.58. The minimum Gasteiger partial charge on any atom is -0.457 e. The molecule has 0 heterocycles. The fourth-order valence-electron chi connectivity index (χ4n) is 2.08. The highest BCUT2D eigenvalue weighted by atomic mass is 35.5. The highest BCUT2D eigenvalue weighted by Crippen LogP contribution is 2.30. The van der Waals surface area contributed by atoms with Crippen LogP contribution in [0.3, 0.4) is 0 Å². The molecule has 0 saturated heterocycles. The van der Waals surface area contributed by atoms with E-state index >= 15 is 0 Å². The normalized spacial score (nSPS) is 12.2. The fraction of sp³-hybridized carbons (Fsp3) is 0.294. The molecule has 0 radical (unpaired) electrons. The third-order valence-electron chi connectivity index (χ3n) is 3.39. The quantitative estimate of drug-likeness (QED) is 0.856. The van der Waals surface area contributed by atoms with Crippen LogP contribution < -0.4 is 10.5 Å². The van der Waals surface area contributed by atoms with Crippen LogP contribution in [0.25, 0.3) is 0 Å². The number of benzene rings is 2. The van der Waals surface area contributed by atoms with Crippen LogP contribution in [-0.4, -0.2) is 6.04 Å². The van der Waals surface area contributed by atoms with E-state index in [2.05, 4.69) is 0 Å². The van der Waals surface area contributed by atoms with Gasteiger partial charge in [0.05, 0.1) is 0 Å². The molecule has 2 N–H and O–H groups in total. The summed E-state index contributed by atoms with van der Waals surface area (Å²) in [6.45, 7) is 3.93. The van der Waals surface area contributed by atoms with E-state index < -0.39 is 0 Å². The third-order valence-corrected chi connectivity index (χ3v) is 3.62. The SMILES string of the molecule is CCC(N)Cc1cc(F)ccc1Oc1ccc(Cl)cc1C. The zero-order valence-electron chi connectivity index (χ0n) is 12.2. The molecular weight excluding hydrogens is 289 g/mol. The topological polar surface area (TPSA) is 35.2 Å². The minimum atomic E-state index is -0.284. The maximum atomic E-state index is 13.5. The van der Waals surface area contributed by atoms with E-state index in [0.717, 1.165) is 17.5 Å². The molecule has 1 unspecified atom stereocenters. The average Bonchev–Trinajstić information content (AvgIpc) is 2.44. The van der Waals surface area contributed by atoms with Crippen LogP contribution in [0.2, 0.25) is 5.02 Å². The van der Waals surface area contributed by atoms with Gasteiger partial charge in [-0.3, -0.25) is 0 Å². The van der Waals surface area contributed by atoms with Crippen molar-refractivity contribution in [1.29, 1.82) is 0 Å². The Kier molecular flexibility index (Phi) is 5.21. The van der Waals surface area contributed by atoms with E-state index in [1.165, 1.54) is 12.1 Å². The average molecular weight is 308 g/mol. The summed E-state index contributed by atoms with van der Waals surface area (Å²) < 4.78 is 19.4. The Morgan fingerprint density at radius 3 is 2.57 bits per heavy atom. The molecule has 2 nitrogen and oxygen atoms in total. The molecule has 0 bridgehead atoms. The summed E-state index contributed by atoms with van der Waals surface area (Å²) in [7, 11) is 0. The Balaban J connectivity index is 2.30. The molecule has 0 saturated carbocycles. The van der Waals surface area contributed by atoms with Crippen molar-refractivity contribution in [3.63, 3.8) is 0 Å². The Morgan fingerprint density at radius 1 is 1.19 bits per heavy atom. The lowest BCUT2D eigenvalue weighted by Gasteiger charge is -2.15. The first kappa shape index (κ1) is 15.8. The lowest BCUT2D eigenvalue weighted by atomic mass is 10.0. The smallest absolute Gasteiger partial charge is 0.130 e. The number of hydrogen-bond acceptors (Lipinski definition) is 2. The molecular formula is C17H19ClFNO. The summed E-state index contributed by atoms with van der Waals surface area (Å²) in [5.74, 6) is 1.05. The van der Waals surface area contributed by atoms with E-state index in [1.54, 1.807) is 12.1 Å². The van der Waals surface area contributed by atoms with Gasteiger partial charge in [-0.1, -0.05) is 18.5 Å². The minimum absolute atomic E-state index is 0.0135. The summed E-state index contributed by atoms with van der Waals surface area (Å²) in [5, 5.41) is 0.659. The van der Waals surface area contributed by atoms with Crippen LogP contribution in [-0.2, 0) is 6.42 Å². The molecule has 0 aliphatic carbocycles. The molecule has 0 aromatic heterocycles. The molecule has 112 valence electrons. The van der Waals surface area contributed by atoms with Gasteiger partial charge in [0.1, 0.15) is 17.3 Å². The number of ether oxygens (including phenoxy) is 1. The maximum absolute atomic E-state index is 13.5. The summed E-state index contributed by atoms with van der Waals surface area (Å²) in [5.41, 5.74) is 7.68. The van der Waals surface area contributed by atoms with Crippen molar-refractivity contribution >= 4 is 11.6 Å². The Bertz CT molecular complexity index is 630. The highest BCUT2D eigenvalue weighted by molar-refractivity contribution is 6.30. The zero-order valence-corrected chi connectivity index (χ0v) is 13.0. The van der Waals surface area contributed by atoms with E-state index in [0.29, 0.717) is 22.9 Å². The first-order chi connectivity index (χ1) is 9.99. The van der Waals surface area contributed by atoms with Crippen LogP contribution in [0.1, 0.15) is 24.5 Å². The first-order valence-electron chi connectivity index (χ1n) is 6.97. The predicted molar refractivity (Wildman–Crippen MR) is 84.6 cm³/mol. The van der Waals surface area contributed by atoms with Gasteiger partial charge in [0, 0.05) is 11.1 Å². The molecule has 0 amide bonds. The van der Waals surface area contributed by atoms with Crippen LogP contribution in [0, 0.1) is 12.7 Å². The molecule has 0 aliphatic heterocycles. The number of nitrogens with two attached hydrogens (primary N) is 1.